The number of nitrogens with one attached hydrogen (secondary N) is 2. The number of hydrogen-bond donors (Lipinski definition) is 3. The van der Waals surface area contributed by atoms with Gasteiger partial charge in [0.15, 0.2) is 0 Å². The Morgan fingerprint density at radius 2 is 1.95 bits per heavy atom. The number of hydrogen-bond acceptors (Lipinski definition) is 5. The first kappa shape index (κ1) is 16.5. The van der Waals surface area contributed by atoms with E-state index >= 15 is 0 Å². The summed E-state index contributed by atoms with van der Waals surface area (Å²) in [6, 6.07) is 4.47. The fourth-order valence-corrected chi connectivity index (χ4v) is 2.46. The fraction of sp³-hybridized carbons (Fsp3) is 0.625. The predicted molar refractivity (Wildman–Crippen MR) is 87.9 cm³/mol. The average Bonchev–Trinajstić information content (AvgIpc) is 2.41. The van der Waals surface area contributed by atoms with Gasteiger partial charge in [-0.15, -0.1) is 0 Å². The highest BCUT2D eigenvalue weighted by atomic mass is 16.6. The van der Waals surface area contributed by atoms with Gasteiger partial charge in [0, 0.05) is 12.1 Å². The van der Waals surface area contributed by atoms with E-state index in [1.807, 2.05) is 26.8 Å². The maximum absolute atomic E-state index is 11.7. The summed E-state index contributed by atoms with van der Waals surface area (Å²) >= 11 is 0. The van der Waals surface area contributed by atoms with Crippen molar-refractivity contribution < 1.29 is 9.53 Å². The van der Waals surface area contributed by atoms with Crippen LogP contribution in [-0.2, 0) is 4.74 Å². The van der Waals surface area contributed by atoms with Crippen molar-refractivity contribution in [3.8, 4) is 0 Å². The van der Waals surface area contributed by atoms with Crippen molar-refractivity contribution in [3.63, 3.8) is 0 Å². The van der Waals surface area contributed by atoms with E-state index in [4.69, 9.17) is 10.5 Å². The van der Waals surface area contributed by atoms with Gasteiger partial charge in [-0.05, 0) is 58.6 Å². The molecular formula is C16H26N4O2. The Labute approximate surface area is 131 Å². The van der Waals surface area contributed by atoms with E-state index in [1.165, 1.54) is 0 Å². The molecule has 1 aromatic rings. The van der Waals surface area contributed by atoms with Gasteiger partial charge in [-0.1, -0.05) is 0 Å². The van der Waals surface area contributed by atoms with Crippen molar-refractivity contribution in [1.29, 1.82) is 0 Å². The highest BCUT2D eigenvalue weighted by Crippen LogP contribution is 2.21. The van der Waals surface area contributed by atoms with E-state index in [9.17, 15) is 4.79 Å². The zero-order valence-corrected chi connectivity index (χ0v) is 13.6. The molecule has 6 heteroatoms. The maximum atomic E-state index is 11.7. The number of carbonyl (C=O) groups is 1. The van der Waals surface area contributed by atoms with Crippen LogP contribution in [-0.4, -0.2) is 28.8 Å². The normalized spacial score (nSPS) is 22.0. The summed E-state index contributed by atoms with van der Waals surface area (Å²) in [7, 11) is 0. The van der Waals surface area contributed by atoms with Crippen LogP contribution < -0.4 is 16.4 Å². The molecule has 1 aliphatic rings. The third-order valence-corrected chi connectivity index (χ3v) is 3.54. The van der Waals surface area contributed by atoms with Crippen molar-refractivity contribution in [3.05, 3.63) is 18.3 Å². The van der Waals surface area contributed by atoms with Gasteiger partial charge >= 0.3 is 6.09 Å². The molecule has 1 fully saturated rings. The Bertz CT molecular complexity index is 488. The average molecular weight is 306 g/mol. The molecule has 1 amide bonds. The van der Waals surface area contributed by atoms with Gasteiger partial charge in [-0.3, -0.25) is 5.32 Å². The molecule has 1 saturated carbocycles. The van der Waals surface area contributed by atoms with E-state index in [0.29, 0.717) is 17.9 Å². The molecule has 1 heterocycles. The molecule has 0 spiro atoms. The molecule has 1 aliphatic carbocycles. The summed E-state index contributed by atoms with van der Waals surface area (Å²) < 4.78 is 5.19. The van der Waals surface area contributed by atoms with Gasteiger partial charge in [0.25, 0.3) is 0 Å². The molecule has 0 atom stereocenters. The minimum Gasteiger partial charge on any atom is -0.444 e. The zero-order valence-electron chi connectivity index (χ0n) is 13.6. The van der Waals surface area contributed by atoms with Crippen LogP contribution in [0.5, 0.6) is 0 Å². The minimum absolute atomic E-state index is 0.344. The monoisotopic (exact) mass is 306 g/mol. The van der Waals surface area contributed by atoms with Gasteiger partial charge < -0.3 is 15.8 Å². The first-order valence-corrected chi connectivity index (χ1v) is 7.80. The minimum atomic E-state index is -0.520. The van der Waals surface area contributed by atoms with Gasteiger partial charge in [0.05, 0.1) is 11.9 Å². The van der Waals surface area contributed by atoms with Crippen LogP contribution in [0.15, 0.2) is 18.3 Å². The molecule has 2 rings (SSSR count). The molecule has 6 nitrogen and oxygen atoms in total. The molecule has 122 valence electrons. The van der Waals surface area contributed by atoms with Crippen molar-refractivity contribution in [2.45, 2.75) is 64.1 Å². The van der Waals surface area contributed by atoms with Crippen LogP contribution in [0.1, 0.15) is 46.5 Å². The van der Waals surface area contributed by atoms with Gasteiger partial charge in [-0.25, -0.2) is 9.78 Å². The lowest BCUT2D eigenvalue weighted by atomic mass is 9.92. The molecule has 1 aromatic heterocycles. The van der Waals surface area contributed by atoms with E-state index in [0.717, 1.165) is 31.4 Å². The van der Waals surface area contributed by atoms with Gasteiger partial charge in [0.2, 0.25) is 0 Å². The molecular weight excluding hydrogens is 280 g/mol. The molecule has 22 heavy (non-hydrogen) atoms. The van der Waals surface area contributed by atoms with Crippen LogP contribution in [0, 0.1) is 0 Å². The first-order chi connectivity index (χ1) is 10.3. The number of anilines is 2. The third-order valence-electron chi connectivity index (χ3n) is 3.54. The van der Waals surface area contributed by atoms with Crippen molar-refractivity contribution in [2.75, 3.05) is 10.6 Å². The summed E-state index contributed by atoms with van der Waals surface area (Å²) in [6.07, 6.45) is 5.51. The summed E-state index contributed by atoms with van der Waals surface area (Å²) in [5, 5.41) is 6.08. The molecule has 4 N–H and O–H groups in total. The smallest absolute Gasteiger partial charge is 0.413 e. The lowest BCUT2D eigenvalue weighted by Crippen LogP contribution is -2.32. The van der Waals surface area contributed by atoms with E-state index in [2.05, 4.69) is 15.6 Å². The molecule has 0 unspecified atom stereocenters. The van der Waals surface area contributed by atoms with Crippen molar-refractivity contribution in [2.24, 2.45) is 5.73 Å². The number of rotatable bonds is 3. The number of nitrogens with zero attached hydrogens (tertiary/aromatic N) is 1. The van der Waals surface area contributed by atoms with Gasteiger partial charge in [0.1, 0.15) is 11.4 Å². The molecule has 0 bridgehead atoms. The first-order valence-electron chi connectivity index (χ1n) is 7.80. The van der Waals surface area contributed by atoms with Crippen molar-refractivity contribution >= 4 is 17.6 Å². The predicted octanol–water partition coefficient (Wildman–Crippen LogP) is 3.11. The Hall–Kier alpha value is -1.82. The Kier molecular flexibility index (Phi) is 5.24. The molecule has 0 aliphatic heterocycles. The molecule has 0 aromatic carbocycles. The zero-order chi connectivity index (χ0) is 16.2. The summed E-state index contributed by atoms with van der Waals surface area (Å²) in [5.74, 6) is 0.477. The largest absolute Gasteiger partial charge is 0.444 e. The Balaban J connectivity index is 1.84. The quantitative estimate of drug-likeness (QED) is 0.798. The van der Waals surface area contributed by atoms with E-state index < -0.39 is 11.7 Å². The summed E-state index contributed by atoms with van der Waals surface area (Å²) in [5.41, 5.74) is 6.34. The highest BCUT2D eigenvalue weighted by Gasteiger charge is 2.19. The number of carbonyl (C=O) groups excluding carboxylic acids is 1. The third kappa shape index (κ3) is 5.52. The molecule has 0 saturated heterocycles. The highest BCUT2D eigenvalue weighted by molar-refractivity contribution is 5.83. The van der Waals surface area contributed by atoms with E-state index in [1.54, 1.807) is 12.3 Å². The number of pyridine rings is 1. The number of ether oxygens (including phenoxy) is 1. The SMILES string of the molecule is CC(C)(C)OC(=O)Nc1ccc(NC2CCC(N)CC2)cn1. The second-order valence-electron chi connectivity index (χ2n) is 6.82. The van der Waals surface area contributed by atoms with Crippen molar-refractivity contribution in [1.82, 2.24) is 4.98 Å². The van der Waals surface area contributed by atoms with Crippen LogP contribution >= 0.6 is 0 Å². The second kappa shape index (κ2) is 6.96. The lowest BCUT2D eigenvalue weighted by molar-refractivity contribution is 0.0635. The maximum Gasteiger partial charge on any atom is 0.413 e. The fourth-order valence-electron chi connectivity index (χ4n) is 2.46. The lowest BCUT2D eigenvalue weighted by Gasteiger charge is -2.27. The van der Waals surface area contributed by atoms with Crippen LogP contribution in [0.3, 0.4) is 0 Å². The van der Waals surface area contributed by atoms with Crippen LogP contribution in [0.4, 0.5) is 16.3 Å². The Morgan fingerprint density at radius 3 is 2.50 bits per heavy atom. The van der Waals surface area contributed by atoms with Gasteiger partial charge in [-0.2, -0.15) is 0 Å². The Morgan fingerprint density at radius 1 is 1.27 bits per heavy atom. The van der Waals surface area contributed by atoms with Crippen LogP contribution in [0.2, 0.25) is 0 Å². The second-order valence-corrected chi connectivity index (χ2v) is 6.82. The summed E-state index contributed by atoms with van der Waals surface area (Å²) in [6.45, 7) is 5.47. The van der Waals surface area contributed by atoms with E-state index in [-0.39, 0.29) is 0 Å². The number of nitrogens with two attached hydrogens (primary N) is 1. The van der Waals surface area contributed by atoms with Crippen LogP contribution in [0.25, 0.3) is 0 Å². The molecule has 0 radical (unpaired) electrons. The number of amides is 1. The number of aromatic nitrogens is 1. The topological polar surface area (TPSA) is 89.3 Å². The summed E-state index contributed by atoms with van der Waals surface area (Å²) in [4.78, 5) is 15.9. The standard InChI is InChI=1S/C16H26N4O2/c1-16(2,3)22-15(21)20-14-9-8-13(10-18-14)19-12-6-4-11(17)5-7-12/h8-12,19H,4-7,17H2,1-3H3,(H,18,20,21).